The van der Waals surface area contributed by atoms with Crippen LogP contribution in [-0.4, -0.2) is 39.1 Å². The van der Waals surface area contributed by atoms with Crippen molar-refractivity contribution >= 4 is 23.7 Å². The molecule has 0 radical (unpaired) electrons. The molecule has 0 amide bonds. The summed E-state index contributed by atoms with van der Waals surface area (Å²) in [7, 11) is 0. The number of aliphatic carboxylic acids is 1. The molecule has 5 nitrogen and oxygen atoms in total. The standard InChI is InChI=1S/C15H20O5S/c16-12(10-14(17)18)4-2-1-3-9-21-13-7-5-11(6-8-13)15(19)20/h5-8,12,16H,1-4,9-10H2,(H,17,18)(H,19,20). The van der Waals surface area contributed by atoms with E-state index in [1.807, 2.05) is 0 Å². The Bertz CT molecular complexity index is 458. The summed E-state index contributed by atoms with van der Waals surface area (Å²) in [5.74, 6) is -0.976. The number of hydrogen-bond acceptors (Lipinski definition) is 4. The Morgan fingerprint density at radius 1 is 1.05 bits per heavy atom. The monoisotopic (exact) mass is 312 g/mol. The van der Waals surface area contributed by atoms with Crippen molar-refractivity contribution < 1.29 is 24.9 Å². The van der Waals surface area contributed by atoms with E-state index in [4.69, 9.17) is 10.2 Å². The molecule has 6 heteroatoms. The highest BCUT2D eigenvalue weighted by Crippen LogP contribution is 2.20. The van der Waals surface area contributed by atoms with Gasteiger partial charge in [0.2, 0.25) is 0 Å². The molecule has 0 bridgehead atoms. The summed E-state index contributed by atoms with van der Waals surface area (Å²) in [6.07, 6.45) is 2.31. The van der Waals surface area contributed by atoms with Gasteiger partial charge in [-0.1, -0.05) is 12.8 Å². The maximum Gasteiger partial charge on any atom is 0.335 e. The Morgan fingerprint density at radius 2 is 1.71 bits per heavy atom. The van der Waals surface area contributed by atoms with Crippen LogP contribution in [0.4, 0.5) is 0 Å². The van der Waals surface area contributed by atoms with E-state index in [2.05, 4.69) is 0 Å². The Morgan fingerprint density at radius 3 is 2.29 bits per heavy atom. The number of aliphatic hydroxyl groups excluding tert-OH is 1. The van der Waals surface area contributed by atoms with Gasteiger partial charge < -0.3 is 15.3 Å². The number of unbranched alkanes of at least 4 members (excludes halogenated alkanes) is 2. The largest absolute Gasteiger partial charge is 0.481 e. The summed E-state index contributed by atoms with van der Waals surface area (Å²) in [4.78, 5) is 22.1. The second-order valence-corrected chi connectivity index (χ2v) is 5.95. The lowest BCUT2D eigenvalue weighted by atomic mass is 10.1. The summed E-state index contributed by atoms with van der Waals surface area (Å²) in [5.41, 5.74) is 0.284. The van der Waals surface area contributed by atoms with Gasteiger partial charge in [-0.05, 0) is 42.9 Å². The minimum atomic E-state index is -0.970. The van der Waals surface area contributed by atoms with Crippen molar-refractivity contribution in [3.63, 3.8) is 0 Å². The molecule has 1 unspecified atom stereocenters. The maximum atomic E-state index is 10.7. The molecule has 0 heterocycles. The van der Waals surface area contributed by atoms with Gasteiger partial charge in [-0.15, -0.1) is 11.8 Å². The summed E-state index contributed by atoms with van der Waals surface area (Å²) >= 11 is 1.66. The van der Waals surface area contributed by atoms with Crippen LogP contribution in [0.3, 0.4) is 0 Å². The molecule has 0 saturated heterocycles. The molecule has 0 fully saturated rings. The number of carboxylic acids is 2. The van der Waals surface area contributed by atoms with E-state index < -0.39 is 18.0 Å². The lowest BCUT2D eigenvalue weighted by Gasteiger charge is -2.07. The van der Waals surface area contributed by atoms with E-state index in [1.54, 1.807) is 36.0 Å². The molecule has 0 aliphatic rings. The molecular formula is C15H20O5S. The van der Waals surface area contributed by atoms with E-state index in [9.17, 15) is 14.7 Å². The normalized spacial score (nSPS) is 12.0. The van der Waals surface area contributed by atoms with Crippen LogP contribution in [0.25, 0.3) is 0 Å². The molecule has 0 spiro atoms. The predicted octanol–water partition coefficient (Wildman–Crippen LogP) is 2.87. The van der Waals surface area contributed by atoms with Crippen molar-refractivity contribution in [2.45, 2.75) is 43.1 Å². The molecule has 0 aliphatic carbocycles. The number of aromatic carboxylic acids is 1. The number of hydrogen-bond donors (Lipinski definition) is 3. The smallest absolute Gasteiger partial charge is 0.335 e. The van der Waals surface area contributed by atoms with Crippen LogP contribution >= 0.6 is 11.8 Å². The lowest BCUT2D eigenvalue weighted by molar-refractivity contribution is -0.139. The summed E-state index contributed by atoms with van der Waals surface area (Å²) in [6.45, 7) is 0. The Labute approximate surface area is 128 Å². The zero-order chi connectivity index (χ0) is 15.7. The van der Waals surface area contributed by atoms with E-state index in [0.717, 1.165) is 29.9 Å². The third-order valence-corrected chi connectivity index (χ3v) is 4.06. The van der Waals surface area contributed by atoms with Crippen LogP contribution in [0.15, 0.2) is 29.2 Å². The zero-order valence-corrected chi connectivity index (χ0v) is 12.5. The van der Waals surface area contributed by atoms with E-state index in [0.29, 0.717) is 6.42 Å². The van der Waals surface area contributed by atoms with Crippen LogP contribution in [-0.2, 0) is 4.79 Å². The average Bonchev–Trinajstić information content (AvgIpc) is 2.42. The first-order chi connectivity index (χ1) is 9.99. The molecule has 3 N–H and O–H groups in total. The first-order valence-corrected chi connectivity index (χ1v) is 7.83. The fraction of sp³-hybridized carbons (Fsp3) is 0.467. The van der Waals surface area contributed by atoms with Gasteiger partial charge in [0.1, 0.15) is 0 Å². The topological polar surface area (TPSA) is 94.8 Å². The average molecular weight is 312 g/mol. The quantitative estimate of drug-likeness (QED) is 0.454. The zero-order valence-electron chi connectivity index (χ0n) is 11.7. The lowest BCUT2D eigenvalue weighted by Crippen LogP contribution is -2.12. The van der Waals surface area contributed by atoms with Crippen molar-refractivity contribution in [1.29, 1.82) is 0 Å². The summed E-state index contributed by atoms with van der Waals surface area (Å²) < 4.78 is 0. The molecule has 1 rings (SSSR count). The van der Waals surface area contributed by atoms with Crippen molar-refractivity contribution in [3.05, 3.63) is 29.8 Å². The second-order valence-electron chi connectivity index (χ2n) is 4.78. The highest BCUT2D eigenvalue weighted by Gasteiger charge is 2.08. The molecule has 0 aliphatic heterocycles. The van der Waals surface area contributed by atoms with E-state index in [1.165, 1.54) is 0 Å². The molecule has 1 atom stereocenters. The van der Waals surface area contributed by atoms with Gasteiger partial charge in [-0.25, -0.2) is 4.79 Å². The second kappa shape index (κ2) is 9.41. The van der Waals surface area contributed by atoms with E-state index in [-0.39, 0.29) is 12.0 Å². The van der Waals surface area contributed by atoms with Gasteiger partial charge in [-0.3, -0.25) is 4.79 Å². The van der Waals surface area contributed by atoms with Gasteiger partial charge in [-0.2, -0.15) is 0 Å². The number of carboxylic acid groups (broad SMARTS) is 2. The van der Waals surface area contributed by atoms with Crippen LogP contribution in [0, 0.1) is 0 Å². The van der Waals surface area contributed by atoms with Crippen LogP contribution in [0.5, 0.6) is 0 Å². The van der Waals surface area contributed by atoms with Crippen LogP contribution < -0.4 is 0 Å². The third-order valence-electron chi connectivity index (χ3n) is 2.96. The molecule has 1 aromatic rings. The van der Waals surface area contributed by atoms with Gasteiger partial charge in [0.25, 0.3) is 0 Å². The van der Waals surface area contributed by atoms with Crippen molar-refractivity contribution in [2.75, 3.05) is 5.75 Å². The van der Waals surface area contributed by atoms with Crippen molar-refractivity contribution in [1.82, 2.24) is 0 Å². The van der Waals surface area contributed by atoms with Crippen molar-refractivity contribution in [3.8, 4) is 0 Å². The number of carbonyl (C=O) groups is 2. The molecule has 0 saturated carbocycles. The minimum Gasteiger partial charge on any atom is -0.481 e. The van der Waals surface area contributed by atoms with Gasteiger partial charge in [0.05, 0.1) is 18.1 Å². The number of aliphatic hydroxyl groups is 1. The predicted molar refractivity (Wildman–Crippen MR) is 80.9 cm³/mol. The highest BCUT2D eigenvalue weighted by molar-refractivity contribution is 7.99. The molecular weight excluding hydrogens is 292 g/mol. The molecule has 0 aromatic heterocycles. The number of thioether (sulfide) groups is 1. The maximum absolute atomic E-state index is 10.7. The minimum absolute atomic E-state index is 0.190. The summed E-state index contributed by atoms with van der Waals surface area (Å²) in [6, 6.07) is 6.77. The Hall–Kier alpha value is -1.53. The Kier molecular flexibility index (Phi) is 7.85. The fourth-order valence-corrected chi connectivity index (χ4v) is 2.76. The number of rotatable bonds is 10. The van der Waals surface area contributed by atoms with Gasteiger partial charge >= 0.3 is 11.9 Å². The third kappa shape index (κ3) is 7.72. The fourth-order valence-electron chi connectivity index (χ4n) is 1.85. The SMILES string of the molecule is O=C(O)CC(O)CCCCCSc1ccc(C(=O)O)cc1. The number of benzene rings is 1. The van der Waals surface area contributed by atoms with Crippen molar-refractivity contribution in [2.24, 2.45) is 0 Å². The van der Waals surface area contributed by atoms with E-state index >= 15 is 0 Å². The van der Waals surface area contributed by atoms with Crippen LogP contribution in [0.1, 0.15) is 42.5 Å². The first kappa shape index (κ1) is 17.5. The van der Waals surface area contributed by atoms with Gasteiger partial charge in [0.15, 0.2) is 0 Å². The van der Waals surface area contributed by atoms with Crippen LogP contribution in [0.2, 0.25) is 0 Å². The van der Waals surface area contributed by atoms with Gasteiger partial charge in [0, 0.05) is 4.90 Å². The highest BCUT2D eigenvalue weighted by atomic mass is 32.2. The first-order valence-electron chi connectivity index (χ1n) is 6.85. The molecule has 21 heavy (non-hydrogen) atoms. The molecule has 116 valence electrons. The Balaban J connectivity index is 2.11. The summed E-state index contributed by atoms with van der Waals surface area (Å²) in [5, 5.41) is 26.7. The molecule has 1 aromatic carbocycles.